The molecule has 0 aromatic heterocycles. The molecule has 0 aromatic carbocycles. The second kappa shape index (κ2) is 3.23. The largest absolute Gasteiger partial charge is 0.463 e. The van der Waals surface area contributed by atoms with Gasteiger partial charge in [0.1, 0.15) is 12.9 Å². The van der Waals surface area contributed by atoms with Crippen molar-refractivity contribution in [2.75, 3.05) is 19.7 Å². The Balaban J connectivity index is 2.64. The van der Waals surface area contributed by atoms with Gasteiger partial charge in [0, 0.05) is 0 Å². The van der Waals surface area contributed by atoms with Crippen LogP contribution in [-0.2, 0) is 14.3 Å². The van der Waals surface area contributed by atoms with Gasteiger partial charge in [-0.2, -0.15) is 0 Å². The molecule has 0 saturated carbocycles. The van der Waals surface area contributed by atoms with E-state index in [1.807, 2.05) is 18.7 Å². The molecule has 0 N–H and O–H groups in total. The first kappa shape index (κ1) is 9.19. The van der Waals surface area contributed by atoms with Gasteiger partial charge in [-0.15, -0.1) is 0 Å². The van der Waals surface area contributed by atoms with Crippen LogP contribution in [0.2, 0.25) is 0 Å². The summed E-state index contributed by atoms with van der Waals surface area (Å²) in [7, 11) is 0. The minimum absolute atomic E-state index is 0.213. The van der Waals surface area contributed by atoms with Crippen molar-refractivity contribution in [3.05, 3.63) is 0 Å². The van der Waals surface area contributed by atoms with Gasteiger partial charge in [-0.1, -0.05) is 0 Å². The van der Waals surface area contributed by atoms with E-state index in [-0.39, 0.29) is 18.1 Å². The molecule has 0 unspecified atom stereocenters. The van der Waals surface area contributed by atoms with Gasteiger partial charge in [-0.3, -0.25) is 9.69 Å². The summed E-state index contributed by atoms with van der Waals surface area (Å²) in [5.74, 6) is -0.254. The zero-order valence-corrected chi connectivity index (χ0v) is 7.37. The van der Waals surface area contributed by atoms with E-state index in [0.29, 0.717) is 13.2 Å². The number of cyclic esters (lactones) is 1. The van der Waals surface area contributed by atoms with Gasteiger partial charge in [0.2, 0.25) is 0 Å². The minimum atomic E-state index is -0.254. The van der Waals surface area contributed by atoms with E-state index in [1.54, 1.807) is 0 Å². The van der Waals surface area contributed by atoms with Crippen molar-refractivity contribution >= 4 is 12.3 Å². The van der Waals surface area contributed by atoms with E-state index in [0.717, 1.165) is 6.29 Å². The van der Waals surface area contributed by atoms with Gasteiger partial charge in [0.15, 0.2) is 0 Å². The molecule has 68 valence electrons. The summed E-state index contributed by atoms with van der Waals surface area (Å²) < 4.78 is 4.87. The molecule has 0 bridgehead atoms. The second-order valence-electron chi connectivity index (χ2n) is 3.52. The number of nitrogens with zero attached hydrogens (tertiary/aromatic N) is 1. The Bertz CT molecular complexity index is 200. The molecule has 1 rings (SSSR count). The normalized spacial score (nSPS) is 23.3. The molecule has 0 spiro atoms. The third-order valence-corrected chi connectivity index (χ3v) is 2.06. The van der Waals surface area contributed by atoms with Gasteiger partial charge < -0.3 is 9.53 Å². The summed E-state index contributed by atoms with van der Waals surface area (Å²) in [4.78, 5) is 22.9. The predicted octanol–water partition coefficient (Wildman–Crippen LogP) is -0.177. The fraction of sp³-hybridized carbons (Fsp3) is 0.750. The molecule has 4 nitrogen and oxygen atoms in total. The van der Waals surface area contributed by atoms with Crippen LogP contribution < -0.4 is 0 Å². The number of aldehydes is 1. The highest BCUT2D eigenvalue weighted by Gasteiger charge is 2.34. The van der Waals surface area contributed by atoms with Crippen LogP contribution in [0.25, 0.3) is 0 Å². The number of carbonyl (C=O) groups is 2. The average Bonchev–Trinajstić information content (AvgIpc) is 1.98. The smallest absolute Gasteiger partial charge is 0.320 e. The van der Waals surface area contributed by atoms with Crippen LogP contribution in [0.5, 0.6) is 0 Å². The van der Waals surface area contributed by atoms with E-state index in [1.165, 1.54) is 0 Å². The van der Waals surface area contributed by atoms with Gasteiger partial charge in [0.25, 0.3) is 0 Å². The summed E-state index contributed by atoms with van der Waals surface area (Å²) >= 11 is 0. The Kier molecular flexibility index (Phi) is 2.47. The third kappa shape index (κ3) is 1.82. The Morgan fingerprint density at radius 1 is 1.67 bits per heavy atom. The molecule has 1 aliphatic rings. The Morgan fingerprint density at radius 3 is 2.92 bits per heavy atom. The number of ether oxygens (including phenoxy) is 1. The second-order valence-corrected chi connectivity index (χ2v) is 3.52. The number of hydrogen-bond acceptors (Lipinski definition) is 4. The predicted molar refractivity (Wildman–Crippen MR) is 42.7 cm³/mol. The van der Waals surface area contributed by atoms with Crippen LogP contribution in [0.1, 0.15) is 13.8 Å². The average molecular weight is 171 g/mol. The molecule has 1 aliphatic heterocycles. The van der Waals surface area contributed by atoms with Gasteiger partial charge >= 0.3 is 5.97 Å². The third-order valence-electron chi connectivity index (χ3n) is 2.06. The molecule has 1 saturated heterocycles. The summed E-state index contributed by atoms with van der Waals surface area (Å²) in [6.45, 7) is 4.76. The SMILES string of the molecule is CC1(C)COC(=O)CN1CC=O. The van der Waals surface area contributed by atoms with E-state index < -0.39 is 0 Å². The highest BCUT2D eigenvalue weighted by atomic mass is 16.5. The van der Waals surface area contributed by atoms with Gasteiger partial charge in [-0.05, 0) is 13.8 Å². The molecule has 0 radical (unpaired) electrons. The maximum atomic E-state index is 10.9. The number of esters is 1. The first-order valence-corrected chi connectivity index (χ1v) is 3.90. The zero-order chi connectivity index (χ0) is 9.19. The lowest BCUT2D eigenvalue weighted by Crippen LogP contribution is -2.55. The molecule has 0 aliphatic carbocycles. The highest BCUT2D eigenvalue weighted by Crippen LogP contribution is 2.18. The van der Waals surface area contributed by atoms with Crippen molar-refractivity contribution in [3.8, 4) is 0 Å². The van der Waals surface area contributed by atoms with E-state index in [4.69, 9.17) is 4.74 Å². The van der Waals surface area contributed by atoms with Crippen molar-refractivity contribution < 1.29 is 14.3 Å². The highest BCUT2D eigenvalue weighted by molar-refractivity contribution is 5.73. The fourth-order valence-corrected chi connectivity index (χ4v) is 1.17. The fourth-order valence-electron chi connectivity index (χ4n) is 1.17. The first-order chi connectivity index (χ1) is 5.56. The van der Waals surface area contributed by atoms with Crippen molar-refractivity contribution in [1.29, 1.82) is 0 Å². The Hall–Kier alpha value is -0.900. The van der Waals surface area contributed by atoms with Gasteiger partial charge in [0.05, 0.1) is 18.6 Å². The lowest BCUT2D eigenvalue weighted by molar-refractivity contribution is -0.159. The summed E-state index contributed by atoms with van der Waals surface area (Å²) in [5, 5.41) is 0. The maximum absolute atomic E-state index is 10.9. The molecule has 1 fully saturated rings. The summed E-state index contributed by atoms with van der Waals surface area (Å²) in [6.07, 6.45) is 0.806. The molecular weight excluding hydrogens is 158 g/mol. The summed E-state index contributed by atoms with van der Waals surface area (Å²) in [5.41, 5.74) is -0.213. The number of rotatable bonds is 2. The lowest BCUT2D eigenvalue weighted by atomic mass is 10.0. The molecule has 4 heteroatoms. The maximum Gasteiger partial charge on any atom is 0.320 e. The van der Waals surface area contributed by atoms with Crippen LogP contribution in [-0.4, -0.2) is 42.4 Å². The summed E-state index contributed by atoms with van der Waals surface area (Å²) in [6, 6.07) is 0. The van der Waals surface area contributed by atoms with Crippen LogP contribution in [0.15, 0.2) is 0 Å². The van der Waals surface area contributed by atoms with Gasteiger partial charge in [-0.25, -0.2) is 0 Å². The van der Waals surface area contributed by atoms with Crippen molar-refractivity contribution in [1.82, 2.24) is 4.90 Å². The van der Waals surface area contributed by atoms with E-state index >= 15 is 0 Å². The zero-order valence-electron chi connectivity index (χ0n) is 7.37. The molecule has 1 heterocycles. The number of hydrogen-bond donors (Lipinski definition) is 0. The molecule has 0 aromatic rings. The minimum Gasteiger partial charge on any atom is -0.463 e. The number of morpholine rings is 1. The number of carbonyl (C=O) groups excluding carboxylic acids is 2. The molecule has 0 amide bonds. The Labute approximate surface area is 71.5 Å². The van der Waals surface area contributed by atoms with E-state index in [9.17, 15) is 9.59 Å². The molecule has 12 heavy (non-hydrogen) atoms. The topological polar surface area (TPSA) is 46.6 Å². The first-order valence-electron chi connectivity index (χ1n) is 3.90. The Morgan fingerprint density at radius 2 is 2.33 bits per heavy atom. The monoisotopic (exact) mass is 171 g/mol. The molecule has 0 atom stereocenters. The quantitative estimate of drug-likeness (QED) is 0.427. The standard InChI is InChI=1S/C8H13NO3/c1-8(2)6-12-7(11)5-9(8)3-4-10/h4H,3,5-6H2,1-2H3. The van der Waals surface area contributed by atoms with Crippen molar-refractivity contribution in [2.24, 2.45) is 0 Å². The lowest BCUT2D eigenvalue weighted by Gasteiger charge is -2.39. The van der Waals surface area contributed by atoms with Crippen molar-refractivity contribution in [2.45, 2.75) is 19.4 Å². The van der Waals surface area contributed by atoms with Crippen LogP contribution >= 0.6 is 0 Å². The van der Waals surface area contributed by atoms with Crippen LogP contribution in [0, 0.1) is 0 Å². The van der Waals surface area contributed by atoms with Crippen LogP contribution in [0.3, 0.4) is 0 Å². The molecular formula is C8H13NO3. The van der Waals surface area contributed by atoms with Crippen LogP contribution in [0.4, 0.5) is 0 Å². The van der Waals surface area contributed by atoms with E-state index in [2.05, 4.69) is 0 Å². The van der Waals surface area contributed by atoms with Crippen molar-refractivity contribution in [3.63, 3.8) is 0 Å².